The Kier molecular flexibility index (Phi) is 5.55. The normalized spacial score (nSPS) is 18.2. The summed E-state index contributed by atoms with van der Waals surface area (Å²) in [5.41, 5.74) is 1.22. The molecule has 0 spiro atoms. The van der Waals surface area contributed by atoms with Gasteiger partial charge in [-0.1, -0.05) is 0 Å². The molecule has 0 bridgehead atoms. The first kappa shape index (κ1) is 14.7. The van der Waals surface area contributed by atoms with Crippen LogP contribution in [0.4, 0.5) is 0 Å². The molecule has 0 aliphatic carbocycles. The van der Waals surface area contributed by atoms with Gasteiger partial charge in [-0.3, -0.25) is 0 Å². The molecule has 1 heterocycles. The fraction of sp³-hybridized carbons (Fsp3) is 0.545. The van der Waals surface area contributed by atoms with Gasteiger partial charge in [-0.25, -0.2) is 0 Å². The summed E-state index contributed by atoms with van der Waals surface area (Å²) in [4.78, 5) is 10.7. The summed E-state index contributed by atoms with van der Waals surface area (Å²) in [5.74, 6) is 0. The number of aldehydes is 1. The third-order valence-electron chi connectivity index (χ3n) is 2.93. The topological polar surface area (TPSA) is 26.3 Å². The van der Waals surface area contributed by atoms with Crippen LogP contribution in [0.15, 0.2) is 17.7 Å². The monoisotopic (exact) mass is 404 g/mol. The Balaban J connectivity index is 2.49. The zero-order chi connectivity index (χ0) is 12.3. The van der Waals surface area contributed by atoms with E-state index in [1.807, 2.05) is 6.08 Å². The van der Waals surface area contributed by atoms with E-state index in [0.29, 0.717) is 5.73 Å². The van der Waals surface area contributed by atoms with Crippen LogP contribution in [0.2, 0.25) is 19.6 Å². The van der Waals surface area contributed by atoms with Gasteiger partial charge < -0.3 is 0 Å². The molecular weight excluding hydrogens is 387 g/mol. The first-order chi connectivity index (χ1) is 7.34. The SMILES string of the molecule is CC(O[CH2][In]1[CH]=C(C=O)C=[C]1Br)[Si](C)(C)C. The van der Waals surface area contributed by atoms with E-state index >= 15 is 0 Å². The molecule has 0 N–H and O–H groups in total. The average Bonchev–Trinajstić information content (AvgIpc) is 2.54. The van der Waals surface area contributed by atoms with Gasteiger partial charge in [0.05, 0.1) is 0 Å². The molecule has 0 saturated heterocycles. The Morgan fingerprint density at radius 1 is 1.56 bits per heavy atom. The maximum absolute atomic E-state index is 10.7. The summed E-state index contributed by atoms with van der Waals surface area (Å²) in [7, 11) is -1.19. The second-order valence-electron chi connectivity index (χ2n) is 5.26. The van der Waals surface area contributed by atoms with Crippen LogP contribution in [0, 0.1) is 0 Å². The van der Waals surface area contributed by atoms with Gasteiger partial charge in [0.25, 0.3) is 0 Å². The van der Waals surface area contributed by atoms with E-state index in [1.165, 1.54) is 2.24 Å². The molecule has 0 radical (unpaired) electrons. The molecule has 0 aromatic heterocycles. The average molecular weight is 405 g/mol. The fourth-order valence-corrected chi connectivity index (χ4v) is 10.1. The Morgan fingerprint density at radius 3 is 2.62 bits per heavy atom. The van der Waals surface area contributed by atoms with Crippen LogP contribution >= 0.6 is 15.9 Å². The van der Waals surface area contributed by atoms with Crippen molar-refractivity contribution in [3.05, 3.63) is 17.7 Å². The molecular formula is C11H18BrInO2Si. The van der Waals surface area contributed by atoms with Gasteiger partial charge >= 0.3 is 116 Å². The van der Waals surface area contributed by atoms with E-state index in [9.17, 15) is 4.79 Å². The summed E-state index contributed by atoms with van der Waals surface area (Å²) < 4.78 is 10.3. The second-order valence-corrected chi connectivity index (χ2v) is 21.3. The minimum absolute atomic E-state index is 0.387. The van der Waals surface area contributed by atoms with E-state index < -0.39 is 29.5 Å². The molecule has 88 valence electrons. The van der Waals surface area contributed by atoms with Gasteiger partial charge in [0, 0.05) is 0 Å². The third-order valence-corrected chi connectivity index (χ3v) is 16.0. The van der Waals surface area contributed by atoms with Crippen molar-refractivity contribution in [2.45, 2.75) is 32.3 Å². The van der Waals surface area contributed by atoms with Gasteiger partial charge in [0.15, 0.2) is 0 Å². The predicted molar refractivity (Wildman–Crippen MR) is 75.7 cm³/mol. The van der Waals surface area contributed by atoms with Crippen LogP contribution in [0.3, 0.4) is 0 Å². The van der Waals surface area contributed by atoms with Gasteiger partial charge in [-0.05, 0) is 0 Å². The van der Waals surface area contributed by atoms with E-state index in [0.717, 1.165) is 16.2 Å². The van der Waals surface area contributed by atoms with Crippen molar-refractivity contribution in [3.63, 3.8) is 0 Å². The second kappa shape index (κ2) is 6.02. The number of carbonyl (C=O) groups is 1. The quantitative estimate of drug-likeness (QED) is 0.520. The molecule has 1 atom stereocenters. The fourth-order valence-electron chi connectivity index (χ4n) is 1.33. The molecule has 5 heteroatoms. The van der Waals surface area contributed by atoms with Crippen molar-refractivity contribution >= 4 is 51.7 Å². The summed E-state index contributed by atoms with van der Waals surface area (Å²) in [6.07, 6.45) is 2.89. The van der Waals surface area contributed by atoms with E-state index in [1.54, 1.807) is 0 Å². The third kappa shape index (κ3) is 4.16. The van der Waals surface area contributed by atoms with Crippen LogP contribution in [0.25, 0.3) is 0 Å². The van der Waals surface area contributed by atoms with Gasteiger partial charge in [0.1, 0.15) is 0 Å². The molecule has 0 aromatic carbocycles. The number of ether oxygens (including phenoxy) is 1. The van der Waals surface area contributed by atoms with Crippen molar-refractivity contribution in [1.29, 1.82) is 0 Å². The Labute approximate surface area is 115 Å². The Bertz CT molecular complexity index is 333. The number of rotatable bonds is 5. The van der Waals surface area contributed by atoms with Crippen LogP contribution < -0.4 is 0 Å². The summed E-state index contributed by atoms with van der Waals surface area (Å²) in [6.45, 7) is 9.13. The van der Waals surface area contributed by atoms with Crippen molar-refractivity contribution in [2.75, 3.05) is 4.36 Å². The van der Waals surface area contributed by atoms with E-state index in [4.69, 9.17) is 4.74 Å². The van der Waals surface area contributed by atoms with Gasteiger partial charge in [-0.15, -0.1) is 0 Å². The van der Waals surface area contributed by atoms with Crippen molar-refractivity contribution in [1.82, 2.24) is 0 Å². The molecule has 0 amide bonds. The first-order valence-corrected chi connectivity index (χ1v) is 15.8. The summed E-state index contributed by atoms with van der Waals surface area (Å²) in [6, 6.07) is 0. The predicted octanol–water partition coefficient (Wildman–Crippen LogP) is 2.80. The molecule has 1 rings (SSSR count). The summed E-state index contributed by atoms with van der Waals surface area (Å²) >= 11 is 1.65. The molecule has 1 unspecified atom stereocenters. The maximum atomic E-state index is 10.7. The van der Waals surface area contributed by atoms with Crippen molar-refractivity contribution in [3.8, 4) is 0 Å². The molecule has 1 aliphatic rings. The first-order valence-electron chi connectivity index (χ1n) is 5.50. The Hall–Kier alpha value is 0.677. The standard InChI is InChI=1S/C6H15OSi.C5H3BrO.In/c1-6(7-2)8(3,4)5;1-5(4-7)2-3-6;/h6H,2H2,1,3-5H3;1-2,4H;. The zero-order valence-electron chi connectivity index (χ0n) is 10.3. The van der Waals surface area contributed by atoms with E-state index in [2.05, 4.69) is 46.3 Å². The summed E-state index contributed by atoms with van der Waals surface area (Å²) in [5, 5.41) is 0. The zero-order valence-corrected chi connectivity index (χ0v) is 16.2. The Morgan fingerprint density at radius 2 is 2.19 bits per heavy atom. The number of allylic oxidation sites excluding steroid dienone is 2. The van der Waals surface area contributed by atoms with E-state index in [-0.39, 0.29) is 0 Å². The molecule has 0 saturated carbocycles. The molecule has 0 fully saturated rings. The number of halogens is 1. The number of hydrogen-bond donors (Lipinski definition) is 0. The molecule has 16 heavy (non-hydrogen) atoms. The van der Waals surface area contributed by atoms with Crippen LogP contribution in [0.1, 0.15) is 6.92 Å². The van der Waals surface area contributed by atoms with Crippen molar-refractivity contribution in [2.24, 2.45) is 0 Å². The number of hydrogen-bond acceptors (Lipinski definition) is 2. The molecule has 2 nitrogen and oxygen atoms in total. The van der Waals surface area contributed by atoms with Crippen LogP contribution in [-0.4, -0.2) is 45.9 Å². The van der Waals surface area contributed by atoms with Crippen molar-refractivity contribution < 1.29 is 9.53 Å². The van der Waals surface area contributed by atoms with Gasteiger partial charge in [-0.2, -0.15) is 0 Å². The van der Waals surface area contributed by atoms with Gasteiger partial charge in [0.2, 0.25) is 0 Å². The molecule has 1 aliphatic heterocycles. The van der Waals surface area contributed by atoms with Crippen LogP contribution in [0.5, 0.6) is 0 Å². The number of carbonyl (C=O) groups excluding carboxylic acids is 1. The van der Waals surface area contributed by atoms with Crippen LogP contribution in [-0.2, 0) is 9.53 Å². The molecule has 0 aromatic rings. The minimum atomic E-state index is -1.91.